The quantitative estimate of drug-likeness (QED) is 0.290. The van der Waals surface area contributed by atoms with Gasteiger partial charge in [-0.1, -0.05) is 36.2 Å². The number of anilines is 1. The molecule has 0 heterocycles. The van der Waals surface area contributed by atoms with Gasteiger partial charge in [0.1, 0.15) is 13.0 Å². The fourth-order valence-corrected chi connectivity index (χ4v) is 2.56. The Hall–Kier alpha value is -1.39. The van der Waals surface area contributed by atoms with Gasteiger partial charge in [0.2, 0.25) is 0 Å². The van der Waals surface area contributed by atoms with Crippen LogP contribution in [-0.2, 0) is 4.79 Å². The normalized spacial score (nSPS) is 14.3. The second-order valence-electron chi connectivity index (χ2n) is 5.22. The smallest absolute Gasteiger partial charge is 0.125 e. The number of rotatable bonds is 8. The minimum Gasteiger partial charge on any atom is -0.303 e. The number of halogens is 3. The molecule has 0 aliphatic heterocycles. The summed E-state index contributed by atoms with van der Waals surface area (Å²) < 4.78 is 13.5. The second kappa shape index (κ2) is 8.30. The number of nitrogens with zero attached hydrogens (tertiary/aromatic N) is 2. The molecule has 0 aromatic heterocycles. The van der Waals surface area contributed by atoms with Crippen molar-refractivity contribution in [2.24, 2.45) is 10.5 Å². The molecule has 1 aromatic rings. The molecule has 0 N–H and O–H groups in total. The van der Waals surface area contributed by atoms with Gasteiger partial charge in [-0.15, -0.1) is 6.58 Å². The summed E-state index contributed by atoms with van der Waals surface area (Å²) in [5.74, 6) is 0. The molecule has 0 bridgehead atoms. The van der Waals surface area contributed by atoms with Gasteiger partial charge in [0.05, 0.1) is 16.4 Å². The average molecular weight is 345 g/mol. The lowest BCUT2D eigenvalue weighted by Crippen LogP contribution is -2.32. The zero-order valence-electron chi connectivity index (χ0n) is 12.7. The maximum absolute atomic E-state index is 13.5. The third kappa shape index (κ3) is 4.55. The maximum atomic E-state index is 13.5. The maximum Gasteiger partial charge on any atom is 0.125 e. The Morgan fingerprint density at radius 1 is 1.50 bits per heavy atom. The van der Waals surface area contributed by atoms with Crippen molar-refractivity contribution in [2.75, 3.05) is 18.7 Å². The van der Waals surface area contributed by atoms with E-state index in [4.69, 9.17) is 23.2 Å². The van der Waals surface area contributed by atoms with E-state index in [1.807, 2.05) is 0 Å². The molecule has 120 valence electrons. The number of alkyl halides is 1. The van der Waals surface area contributed by atoms with Crippen molar-refractivity contribution >= 4 is 40.9 Å². The number of hydrogen-bond donors (Lipinski definition) is 0. The SMILES string of the molecule is C=CCC(C)(CF)/C(CC=O)=N/N(C)c1ccc(Cl)cc1Cl. The predicted molar refractivity (Wildman–Crippen MR) is 91.9 cm³/mol. The number of carbonyl (C=O) groups is 1. The summed E-state index contributed by atoms with van der Waals surface area (Å²) in [6.45, 7) is 4.72. The number of allylic oxidation sites excluding steroid dienone is 1. The van der Waals surface area contributed by atoms with Gasteiger partial charge in [0.25, 0.3) is 0 Å². The molecular weight excluding hydrogens is 326 g/mol. The Kier molecular flexibility index (Phi) is 7.04. The molecule has 0 aliphatic rings. The predicted octanol–water partition coefficient (Wildman–Crippen LogP) is 4.93. The highest BCUT2D eigenvalue weighted by atomic mass is 35.5. The van der Waals surface area contributed by atoms with Gasteiger partial charge in [-0.05, 0) is 24.6 Å². The van der Waals surface area contributed by atoms with Crippen LogP contribution in [0.5, 0.6) is 0 Å². The third-order valence-corrected chi connectivity index (χ3v) is 3.93. The lowest BCUT2D eigenvalue weighted by molar-refractivity contribution is -0.106. The first-order valence-electron chi connectivity index (χ1n) is 6.75. The minimum atomic E-state index is -0.865. The molecule has 0 aliphatic carbocycles. The van der Waals surface area contributed by atoms with Crippen molar-refractivity contribution in [2.45, 2.75) is 19.8 Å². The van der Waals surface area contributed by atoms with E-state index in [0.29, 0.717) is 34.2 Å². The molecule has 6 heteroatoms. The van der Waals surface area contributed by atoms with Gasteiger partial charge in [-0.2, -0.15) is 5.10 Å². The van der Waals surface area contributed by atoms with E-state index < -0.39 is 12.1 Å². The minimum absolute atomic E-state index is 0.0454. The molecule has 0 radical (unpaired) electrons. The van der Waals surface area contributed by atoms with Crippen LogP contribution in [-0.4, -0.2) is 25.7 Å². The fraction of sp³-hybridized carbons (Fsp3) is 0.375. The molecule has 3 nitrogen and oxygen atoms in total. The molecule has 0 saturated carbocycles. The monoisotopic (exact) mass is 344 g/mol. The van der Waals surface area contributed by atoms with Crippen molar-refractivity contribution in [3.05, 3.63) is 40.9 Å². The Morgan fingerprint density at radius 2 is 2.18 bits per heavy atom. The third-order valence-electron chi connectivity index (χ3n) is 3.39. The van der Waals surface area contributed by atoms with Crippen molar-refractivity contribution in [1.82, 2.24) is 0 Å². The van der Waals surface area contributed by atoms with Crippen LogP contribution in [0, 0.1) is 5.41 Å². The van der Waals surface area contributed by atoms with Gasteiger partial charge >= 0.3 is 0 Å². The molecule has 1 aromatic carbocycles. The van der Waals surface area contributed by atoms with E-state index in [1.165, 1.54) is 5.01 Å². The van der Waals surface area contributed by atoms with Crippen molar-refractivity contribution in [3.8, 4) is 0 Å². The van der Waals surface area contributed by atoms with E-state index in [2.05, 4.69) is 11.7 Å². The van der Waals surface area contributed by atoms with Crippen LogP contribution in [0.3, 0.4) is 0 Å². The Morgan fingerprint density at radius 3 is 2.68 bits per heavy atom. The van der Waals surface area contributed by atoms with Crippen LogP contribution in [0.25, 0.3) is 0 Å². The summed E-state index contributed by atoms with van der Waals surface area (Å²) in [6.07, 6.45) is 2.77. The van der Waals surface area contributed by atoms with Gasteiger partial charge in [0.15, 0.2) is 0 Å². The van der Waals surface area contributed by atoms with Gasteiger partial charge < -0.3 is 4.79 Å². The number of hydrazone groups is 1. The van der Waals surface area contributed by atoms with E-state index >= 15 is 0 Å². The zero-order valence-corrected chi connectivity index (χ0v) is 14.2. The van der Waals surface area contributed by atoms with E-state index in [-0.39, 0.29) is 6.42 Å². The van der Waals surface area contributed by atoms with E-state index in [0.717, 1.165) is 0 Å². The molecule has 0 spiro atoms. The fourth-order valence-electron chi connectivity index (χ4n) is 2.03. The van der Waals surface area contributed by atoms with Gasteiger partial charge in [0, 0.05) is 23.9 Å². The van der Waals surface area contributed by atoms with Gasteiger partial charge in [-0.3, -0.25) is 9.40 Å². The van der Waals surface area contributed by atoms with E-state index in [1.54, 1.807) is 38.2 Å². The lowest BCUT2D eigenvalue weighted by Gasteiger charge is -2.28. The highest BCUT2D eigenvalue weighted by molar-refractivity contribution is 6.36. The summed E-state index contributed by atoms with van der Waals surface area (Å²) in [5, 5.41) is 6.85. The molecule has 1 unspecified atom stereocenters. The second-order valence-corrected chi connectivity index (χ2v) is 6.07. The van der Waals surface area contributed by atoms with Crippen molar-refractivity contribution in [3.63, 3.8) is 0 Å². The number of hydrogen-bond acceptors (Lipinski definition) is 3. The molecule has 22 heavy (non-hydrogen) atoms. The summed E-state index contributed by atoms with van der Waals surface area (Å²) in [7, 11) is 1.69. The summed E-state index contributed by atoms with van der Waals surface area (Å²) in [6, 6.07) is 5.00. The molecule has 0 amide bonds. The first kappa shape index (κ1) is 18.7. The largest absolute Gasteiger partial charge is 0.303 e. The van der Waals surface area contributed by atoms with E-state index in [9.17, 15) is 9.18 Å². The zero-order chi connectivity index (χ0) is 16.8. The van der Waals surface area contributed by atoms with Crippen molar-refractivity contribution < 1.29 is 9.18 Å². The first-order valence-corrected chi connectivity index (χ1v) is 7.50. The van der Waals surface area contributed by atoms with Crippen molar-refractivity contribution in [1.29, 1.82) is 0 Å². The number of carbonyl (C=O) groups excluding carboxylic acids is 1. The van der Waals surface area contributed by atoms with Gasteiger partial charge in [-0.25, -0.2) is 0 Å². The molecule has 0 saturated heterocycles. The molecular formula is C16H19Cl2FN2O. The Bertz CT molecular complexity index is 577. The first-order chi connectivity index (χ1) is 10.4. The van der Waals surface area contributed by atoms with Crippen LogP contribution in [0.1, 0.15) is 19.8 Å². The summed E-state index contributed by atoms with van der Waals surface area (Å²) in [4.78, 5) is 10.9. The molecule has 0 fully saturated rings. The highest BCUT2D eigenvalue weighted by Crippen LogP contribution is 2.31. The van der Waals surface area contributed by atoms with Crippen LogP contribution >= 0.6 is 23.2 Å². The van der Waals surface area contributed by atoms with Crippen LogP contribution < -0.4 is 5.01 Å². The highest BCUT2D eigenvalue weighted by Gasteiger charge is 2.30. The Balaban J connectivity index is 3.21. The topological polar surface area (TPSA) is 32.7 Å². The lowest BCUT2D eigenvalue weighted by atomic mass is 9.81. The van der Waals surface area contributed by atoms with Crippen LogP contribution in [0.2, 0.25) is 10.0 Å². The van der Waals surface area contributed by atoms with Crippen LogP contribution in [0.15, 0.2) is 36.0 Å². The number of benzene rings is 1. The molecule has 1 rings (SSSR count). The van der Waals surface area contributed by atoms with Crippen LogP contribution in [0.4, 0.5) is 10.1 Å². The average Bonchev–Trinajstić information content (AvgIpc) is 2.46. The summed E-state index contributed by atoms with van der Waals surface area (Å²) in [5.41, 5.74) is 0.197. The number of aldehydes is 1. The molecule has 1 atom stereocenters. The Labute approximate surface area is 140 Å². The standard InChI is InChI=1S/C16H19Cl2FN2O/c1-4-8-16(2,11-19)15(7-9-22)20-21(3)14-6-5-12(17)10-13(14)18/h4-6,9-10H,1,7-8,11H2,2-3H3/b20-15+. The summed E-state index contributed by atoms with van der Waals surface area (Å²) >= 11 is 12.0.